The van der Waals surface area contributed by atoms with Crippen molar-refractivity contribution in [2.45, 2.75) is 13.3 Å². The van der Waals surface area contributed by atoms with Crippen LogP contribution in [0.3, 0.4) is 0 Å². The zero-order chi connectivity index (χ0) is 13.1. The fourth-order valence-electron chi connectivity index (χ4n) is 1.90. The van der Waals surface area contributed by atoms with Crippen molar-refractivity contribution in [3.05, 3.63) is 23.2 Å². The molecule has 0 aliphatic carbocycles. The maximum absolute atomic E-state index is 12.1. The van der Waals surface area contributed by atoms with Gasteiger partial charge in [-0.1, -0.05) is 6.92 Å². The number of carboxylic acid groups (broad SMARTS) is 1. The first-order valence-corrected chi connectivity index (χ1v) is 5.86. The van der Waals surface area contributed by atoms with Crippen LogP contribution >= 0.6 is 0 Å². The molecule has 2 rings (SSSR count). The molecule has 2 heterocycles. The Morgan fingerprint density at radius 3 is 2.56 bits per heavy atom. The quantitative estimate of drug-likeness (QED) is 0.869. The summed E-state index contributed by atoms with van der Waals surface area (Å²) in [5, 5.41) is 9.00. The van der Waals surface area contributed by atoms with E-state index in [9.17, 15) is 9.59 Å². The zero-order valence-electron chi connectivity index (χ0n) is 10.1. The van der Waals surface area contributed by atoms with E-state index in [-0.39, 0.29) is 17.2 Å². The third-order valence-corrected chi connectivity index (χ3v) is 2.87. The minimum absolute atomic E-state index is 0.0640. The van der Waals surface area contributed by atoms with Crippen LogP contribution < -0.4 is 0 Å². The molecule has 1 fully saturated rings. The minimum Gasteiger partial charge on any atom is -0.478 e. The Labute approximate surface area is 104 Å². The average Bonchev–Trinajstić information content (AvgIpc) is 2.83. The van der Waals surface area contributed by atoms with Crippen LogP contribution in [0.2, 0.25) is 0 Å². The van der Waals surface area contributed by atoms with Crippen molar-refractivity contribution in [1.82, 2.24) is 4.90 Å². The number of aryl methyl sites for hydroxylation is 1. The van der Waals surface area contributed by atoms with Gasteiger partial charge in [0.05, 0.1) is 13.2 Å². The van der Waals surface area contributed by atoms with Gasteiger partial charge in [0, 0.05) is 25.6 Å². The Hall–Kier alpha value is -1.82. The van der Waals surface area contributed by atoms with Crippen LogP contribution in [0.15, 0.2) is 10.5 Å². The second kappa shape index (κ2) is 5.22. The highest BCUT2D eigenvalue weighted by atomic mass is 16.5. The van der Waals surface area contributed by atoms with Gasteiger partial charge < -0.3 is 19.2 Å². The lowest BCUT2D eigenvalue weighted by Gasteiger charge is -2.25. The molecule has 0 aromatic carbocycles. The molecule has 1 amide bonds. The number of morpholine rings is 1. The van der Waals surface area contributed by atoms with E-state index in [1.165, 1.54) is 6.07 Å². The number of carbonyl (C=O) groups is 2. The van der Waals surface area contributed by atoms with Gasteiger partial charge in [0.25, 0.3) is 5.91 Å². The van der Waals surface area contributed by atoms with Gasteiger partial charge in [-0.05, 0) is 0 Å². The van der Waals surface area contributed by atoms with E-state index in [0.717, 1.165) is 0 Å². The van der Waals surface area contributed by atoms with E-state index in [1.54, 1.807) is 11.8 Å². The van der Waals surface area contributed by atoms with Crippen LogP contribution in [-0.2, 0) is 11.2 Å². The van der Waals surface area contributed by atoms with Gasteiger partial charge in [0.2, 0.25) is 0 Å². The molecule has 0 unspecified atom stereocenters. The number of hydrogen-bond acceptors (Lipinski definition) is 4. The Bertz CT molecular complexity index is 459. The summed E-state index contributed by atoms with van der Waals surface area (Å²) >= 11 is 0. The molecule has 1 aliphatic rings. The lowest BCUT2D eigenvalue weighted by molar-refractivity contribution is 0.0282. The highest BCUT2D eigenvalue weighted by Crippen LogP contribution is 2.18. The third kappa shape index (κ3) is 2.38. The predicted octanol–water partition coefficient (Wildman–Crippen LogP) is 1.01. The number of nitrogens with zero attached hydrogens (tertiary/aromatic N) is 1. The van der Waals surface area contributed by atoms with E-state index >= 15 is 0 Å². The van der Waals surface area contributed by atoms with Crippen LogP contribution in [0.1, 0.15) is 33.6 Å². The maximum atomic E-state index is 12.1. The molecule has 0 atom stereocenters. The summed E-state index contributed by atoms with van der Waals surface area (Å²) in [6, 6.07) is 1.30. The summed E-state index contributed by atoms with van der Waals surface area (Å²) in [5.41, 5.74) is 0.0640. The molecule has 0 spiro atoms. The molecule has 1 aromatic rings. The number of carbonyl (C=O) groups excluding carboxylic acids is 1. The summed E-state index contributed by atoms with van der Waals surface area (Å²) in [6.45, 7) is 3.79. The standard InChI is InChI=1S/C12H15NO5/c1-2-9-8(12(15)16)7-10(18-9)11(14)13-3-5-17-6-4-13/h7H,2-6H2,1H3,(H,15,16). The van der Waals surface area contributed by atoms with Gasteiger partial charge in [-0.3, -0.25) is 4.79 Å². The fraction of sp³-hybridized carbons (Fsp3) is 0.500. The van der Waals surface area contributed by atoms with E-state index in [4.69, 9.17) is 14.3 Å². The molecule has 6 heteroatoms. The molecule has 0 saturated carbocycles. The Kier molecular flexibility index (Phi) is 3.66. The molecular weight excluding hydrogens is 238 g/mol. The Morgan fingerprint density at radius 1 is 1.39 bits per heavy atom. The second-order valence-corrected chi connectivity index (χ2v) is 4.01. The van der Waals surface area contributed by atoms with Gasteiger partial charge in [0.15, 0.2) is 5.76 Å². The second-order valence-electron chi connectivity index (χ2n) is 4.01. The molecule has 98 valence electrons. The SMILES string of the molecule is CCc1oc(C(=O)N2CCOCC2)cc1C(=O)O. The van der Waals surface area contributed by atoms with Crippen LogP contribution in [0.5, 0.6) is 0 Å². The first-order valence-electron chi connectivity index (χ1n) is 5.86. The van der Waals surface area contributed by atoms with Gasteiger partial charge >= 0.3 is 5.97 Å². The van der Waals surface area contributed by atoms with Crippen LogP contribution in [-0.4, -0.2) is 48.2 Å². The smallest absolute Gasteiger partial charge is 0.339 e. The van der Waals surface area contributed by atoms with Crippen molar-refractivity contribution in [1.29, 1.82) is 0 Å². The summed E-state index contributed by atoms with van der Waals surface area (Å²) in [6.07, 6.45) is 0.442. The number of hydrogen-bond donors (Lipinski definition) is 1. The predicted molar refractivity (Wildman–Crippen MR) is 61.8 cm³/mol. The lowest BCUT2D eigenvalue weighted by atomic mass is 10.2. The number of furan rings is 1. The highest BCUT2D eigenvalue weighted by molar-refractivity contribution is 5.96. The maximum Gasteiger partial charge on any atom is 0.339 e. The summed E-state index contributed by atoms with van der Waals surface area (Å²) in [5.74, 6) is -0.928. The van der Waals surface area contributed by atoms with Crippen molar-refractivity contribution in [3.63, 3.8) is 0 Å². The van der Waals surface area contributed by atoms with Crippen molar-refractivity contribution in [3.8, 4) is 0 Å². The van der Waals surface area contributed by atoms with Crippen LogP contribution in [0.4, 0.5) is 0 Å². The van der Waals surface area contributed by atoms with E-state index in [1.807, 2.05) is 0 Å². The number of carboxylic acids is 1. The molecule has 18 heavy (non-hydrogen) atoms. The van der Waals surface area contributed by atoms with E-state index in [0.29, 0.717) is 38.5 Å². The van der Waals surface area contributed by atoms with E-state index < -0.39 is 5.97 Å². The minimum atomic E-state index is -1.07. The molecule has 1 aromatic heterocycles. The highest BCUT2D eigenvalue weighted by Gasteiger charge is 2.25. The molecule has 0 bridgehead atoms. The molecule has 1 saturated heterocycles. The number of amides is 1. The van der Waals surface area contributed by atoms with Gasteiger partial charge in [0.1, 0.15) is 11.3 Å². The molecular formula is C12H15NO5. The molecule has 1 N–H and O–H groups in total. The average molecular weight is 253 g/mol. The normalized spacial score (nSPS) is 15.7. The third-order valence-electron chi connectivity index (χ3n) is 2.87. The van der Waals surface area contributed by atoms with Crippen LogP contribution in [0.25, 0.3) is 0 Å². The topological polar surface area (TPSA) is 80.0 Å². The lowest BCUT2D eigenvalue weighted by Crippen LogP contribution is -2.40. The summed E-state index contributed by atoms with van der Waals surface area (Å²) in [4.78, 5) is 24.7. The Morgan fingerprint density at radius 2 is 2.06 bits per heavy atom. The van der Waals surface area contributed by atoms with Crippen molar-refractivity contribution < 1.29 is 23.8 Å². The zero-order valence-corrected chi connectivity index (χ0v) is 10.1. The van der Waals surface area contributed by atoms with Crippen molar-refractivity contribution in [2.24, 2.45) is 0 Å². The molecule has 6 nitrogen and oxygen atoms in total. The number of rotatable bonds is 3. The number of ether oxygens (including phenoxy) is 1. The first-order chi connectivity index (χ1) is 8.63. The largest absolute Gasteiger partial charge is 0.478 e. The number of aromatic carboxylic acids is 1. The van der Waals surface area contributed by atoms with Gasteiger partial charge in [-0.2, -0.15) is 0 Å². The fourth-order valence-corrected chi connectivity index (χ4v) is 1.90. The summed E-state index contributed by atoms with van der Waals surface area (Å²) < 4.78 is 10.5. The first kappa shape index (κ1) is 12.6. The van der Waals surface area contributed by atoms with E-state index in [2.05, 4.69) is 0 Å². The van der Waals surface area contributed by atoms with Crippen LogP contribution in [0, 0.1) is 0 Å². The molecule has 1 aliphatic heterocycles. The Balaban J connectivity index is 2.22. The molecule has 0 radical (unpaired) electrons. The van der Waals surface area contributed by atoms with Gasteiger partial charge in [-0.15, -0.1) is 0 Å². The van der Waals surface area contributed by atoms with Crippen molar-refractivity contribution >= 4 is 11.9 Å². The summed E-state index contributed by atoms with van der Waals surface area (Å²) in [7, 11) is 0. The van der Waals surface area contributed by atoms with Crippen molar-refractivity contribution in [2.75, 3.05) is 26.3 Å². The monoisotopic (exact) mass is 253 g/mol. The van der Waals surface area contributed by atoms with Gasteiger partial charge in [-0.25, -0.2) is 4.79 Å².